The molecule has 0 saturated heterocycles. The lowest BCUT2D eigenvalue weighted by Gasteiger charge is -2.07. The first-order chi connectivity index (χ1) is 7.72. The highest BCUT2D eigenvalue weighted by Gasteiger charge is 2.09. The molecule has 2 rings (SSSR count). The number of benzene rings is 2. The van der Waals surface area contributed by atoms with E-state index in [0.717, 1.165) is 5.56 Å². The molecule has 0 aliphatic heterocycles. The lowest BCUT2D eigenvalue weighted by molar-refractivity contribution is 0.387. The van der Waals surface area contributed by atoms with Crippen LogP contribution >= 0.6 is 0 Å². The number of ether oxygens (including phenoxy) is 1. The topological polar surface area (TPSA) is 35.2 Å². The van der Waals surface area contributed by atoms with Gasteiger partial charge in [-0.3, -0.25) is 0 Å². The summed E-state index contributed by atoms with van der Waals surface area (Å²) >= 11 is 0. The van der Waals surface area contributed by atoms with Gasteiger partial charge in [-0.1, -0.05) is 24.3 Å². The van der Waals surface area contributed by atoms with Gasteiger partial charge in [-0.2, -0.15) is 0 Å². The van der Waals surface area contributed by atoms with E-state index in [1.807, 2.05) is 6.07 Å². The quantitative estimate of drug-likeness (QED) is 0.784. The third kappa shape index (κ3) is 1.84. The van der Waals surface area contributed by atoms with Crippen molar-refractivity contribution in [2.24, 2.45) is 0 Å². The van der Waals surface area contributed by atoms with E-state index >= 15 is 0 Å². The molecule has 0 aliphatic carbocycles. The summed E-state index contributed by atoms with van der Waals surface area (Å²) in [5.41, 5.74) is 7.51. The molecule has 2 aromatic rings. The molecular weight excluding hydrogens is 205 g/mol. The standard InChI is InChI=1S/C13H12FNO/c1-16-12-7-3-6-11(13(12)14)9-4-2-5-10(15)8-9/h2-8H,15H2,1H3. The van der Waals surface area contributed by atoms with Gasteiger partial charge < -0.3 is 10.5 Å². The van der Waals surface area contributed by atoms with Crippen LogP contribution in [0, 0.1) is 5.82 Å². The van der Waals surface area contributed by atoms with Gasteiger partial charge in [-0.25, -0.2) is 4.39 Å². The normalized spacial score (nSPS) is 10.1. The lowest BCUT2D eigenvalue weighted by Crippen LogP contribution is -1.92. The highest BCUT2D eigenvalue weighted by molar-refractivity contribution is 5.69. The first kappa shape index (κ1) is 10.5. The van der Waals surface area contributed by atoms with Gasteiger partial charge in [0.2, 0.25) is 0 Å². The number of hydrogen-bond acceptors (Lipinski definition) is 2. The van der Waals surface area contributed by atoms with E-state index in [1.54, 1.807) is 36.4 Å². The van der Waals surface area contributed by atoms with Gasteiger partial charge in [0, 0.05) is 11.3 Å². The van der Waals surface area contributed by atoms with E-state index in [1.165, 1.54) is 7.11 Å². The van der Waals surface area contributed by atoms with Gasteiger partial charge >= 0.3 is 0 Å². The minimum Gasteiger partial charge on any atom is -0.494 e. The smallest absolute Gasteiger partial charge is 0.172 e. The van der Waals surface area contributed by atoms with Gasteiger partial charge in [0.05, 0.1) is 7.11 Å². The predicted molar refractivity (Wildman–Crippen MR) is 62.8 cm³/mol. The van der Waals surface area contributed by atoms with E-state index in [-0.39, 0.29) is 11.6 Å². The number of hydrogen-bond donors (Lipinski definition) is 1. The van der Waals surface area contributed by atoms with Gasteiger partial charge in [0.15, 0.2) is 11.6 Å². The Morgan fingerprint density at radius 3 is 2.56 bits per heavy atom. The summed E-state index contributed by atoms with van der Waals surface area (Å²) in [6.07, 6.45) is 0. The molecule has 0 amide bonds. The monoisotopic (exact) mass is 217 g/mol. The number of rotatable bonds is 2. The Kier molecular flexibility index (Phi) is 2.77. The van der Waals surface area contributed by atoms with Crippen LogP contribution < -0.4 is 10.5 Å². The largest absolute Gasteiger partial charge is 0.494 e. The summed E-state index contributed by atoms with van der Waals surface area (Å²) < 4.78 is 18.9. The molecule has 16 heavy (non-hydrogen) atoms. The molecule has 2 N–H and O–H groups in total. The van der Waals surface area contributed by atoms with Crippen LogP contribution in [0.2, 0.25) is 0 Å². The van der Waals surface area contributed by atoms with Crippen molar-refractivity contribution < 1.29 is 9.13 Å². The van der Waals surface area contributed by atoms with Gasteiger partial charge in [-0.15, -0.1) is 0 Å². The van der Waals surface area contributed by atoms with Crippen molar-refractivity contribution in [3.8, 4) is 16.9 Å². The first-order valence-corrected chi connectivity index (χ1v) is 4.91. The molecule has 0 unspecified atom stereocenters. The Hall–Kier alpha value is -2.03. The zero-order valence-electron chi connectivity index (χ0n) is 8.91. The summed E-state index contributed by atoms with van der Waals surface area (Å²) in [5, 5.41) is 0. The lowest BCUT2D eigenvalue weighted by atomic mass is 10.0. The van der Waals surface area contributed by atoms with Crippen LogP contribution in [0.15, 0.2) is 42.5 Å². The average molecular weight is 217 g/mol. The van der Waals surface area contributed by atoms with Gasteiger partial charge in [0.1, 0.15) is 0 Å². The second-order valence-corrected chi connectivity index (χ2v) is 3.45. The highest BCUT2D eigenvalue weighted by atomic mass is 19.1. The van der Waals surface area contributed by atoms with Crippen molar-refractivity contribution in [2.75, 3.05) is 12.8 Å². The number of nitrogens with two attached hydrogens (primary N) is 1. The molecule has 3 heteroatoms. The zero-order valence-corrected chi connectivity index (χ0v) is 8.91. The molecule has 0 aromatic heterocycles. The van der Waals surface area contributed by atoms with Crippen molar-refractivity contribution in [1.82, 2.24) is 0 Å². The van der Waals surface area contributed by atoms with Crippen LogP contribution in [-0.2, 0) is 0 Å². The third-order valence-electron chi connectivity index (χ3n) is 2.38. The summed E-state index contributed by atoms with van der Waals surface area (Å²) in [4.78, 5) is 0. The highest BCUT2D eigenvalue weighted by Crippen LogP contribution is 2.29. The molecule has 0 bridgehead atoms. The Labute approximate surface area is 93.5 Å². The number of nitrogen functional groups attached to an aromatic ring is 1. The van der Waals surface area contributed by atoms with Gasteiger partial charge in [0.25, 0.3) is 0 Å². The van der Waals surface area contributed by atoms with Gasteiger partial charge in [-0.05, 0) is 23.8 Å². The van der Waals surface area contributed by atoms with E-state index < -0.39 is 0 Å². The Balaban J connectivity index is 2.56. The van der Waals surface area contributed by atoms with E-state index in [2.05, 4.69) is 0 Å². The number of halogens is 1. The molecule has 0 atom stereocenters. The van der Waals surface area contributed by atoms with E-state index in [9.17, 15) is 4.39 Å². The fourth-order valence-electron chi connectivity index (χ4n) is 1.60. The van der Waals surface area contributed by atoms with Crippen LogP contribution in [0.5, 0.6) is 5.75 Å². The molecule has 0 radical (unpaired) electrons. The second-order valence-electron chi connectivity index (χ2n) is 3.45. The molecule has 0 heterocycles. The maximum atomic E-state index is 13.9. The Bertz CT molecular complexity index is 511. The zero-order chi connectivity index (χ0) is 11.5. The van der Waals surface area contributed by atoms with Crippen LogP contribution in [0.25, 0.3) is 11.1 Å². The molecule has 2 nitrogen and oxygen atoms in total. The SMILES string of the molecule is COc1cccc(-c2cccc(N)c2)c1F. The van der Waals surface area contributed by atoms with Crippen molar-refractivity contribution >= 4 is 5.69 Å². The summed E-state index contributed by atoms with van der Waals surface area (Å²) in [6.45, 7) is 0. The number of anilines is 1. The minimum absolute atomic E-state index is 0.236. The van der Waals surface area contributed by atoms with Crippen molar-refractivity contribution in [3.05, 3.63) is 48.3 Å². The maximum Gasteiger partial charge on any atom is 0.172 e. The van der Waals surface area contributed by atoms with Crippen LogP contribution in [0.3, 0.4) is 0 Å². The average Bonchev–Trinajstić information content (AvgIpc) is 2.29. The Morgan fingerprint density at radius 1 is 1.12 bits per heavy atom. The van der Waals surface area contributed by atoms with Crippen molar-refractivity contribution in [2.45, 2.75) is 0 Å². The fraction of sp³-hybridized carbons (Fsp3) is 0.0769. The summed E-state index contributed by atoms with van der Waals surface area (Å²) in [6, 6.07) is 12.1. The molecule has 0 aliphatic rings. The van der Waals surface area contributed by atoms with Crippen molar-refractivity contribution in [1.29, 1.82) is 0 Å². The molecule has 82 valence electrons. The number of methoxy groups -OCH3 is 1. The first-order valence-electron chi connectivity index (χ1n) is 4.91. The molecule has 0 saturated carbocycles. The molecule has 0 fully saturated rings. The van der Waals surface area contributed by atoms with E-state index in [4.69, 9.17) is 10.5 Å². The summed E-state index contributed by atoms with van der Waals surface area (Å²) in [7, 11) is 1.45. The van der Waals surface area contributed by atoms with Crippen molar-refractivity contribution in [3.63, 3.8) is 0 Å². The van der Waals surface area contributed by atoms with E-state index in [0.29, 0.717) is 11.3 Å². The fourth-order valence-corrected chi connectivity index (χ4v) is 1.60. The third-order valence-corrected chi connectivity index (χ3v) is 2.38. The van der Waals surface area contributed by atoms with Crippen LogP contribution in [0.4, 0.5) is 10.1 Å². The van der Waals surface area contributed by atoms with Crippen LogP contribution in [-0.4, -0.2) is 7.11 Å². The maximum absolute atomic E-state index is 13.9. The minimum atomic E-state index is -0.365. The summed E-state index contributed by atoms with van der Waals surface area (Å²) in [5.74, 6) is -0.129. The molecule has 0 spiro atoms. The van der Waals surface area contributed by atoms with Crippen LogP contribution in [0.1, 0.15) is 0 Å². The predicted octanol–water partition coefficient (Wildman–Crippen LogP) is 3.08. The molecule has 2 aromatic carbocycles. The second kappa shape index (κ2) is 4.23. The molecular formula is C13H12FNO. The Morgan fingerprint density at radius 2 is 1.88 bits per heavy atom.